The van der Waals surface area contributed by atoms with Crippen LogP contribution < -0.4 is 15.5 Å². The van der Waals surface area contributed by atoms with Crippen LogP contribution in [-0.2, 0) is 4.79 Å². The number of carbonyl (C=O) groups is 2. The van der Waals surface area contributed by atoms with Crippen molar-refractivity contribution in [3.8, 4) is 0 Å². The van der Waals surface area contributed by atoms with Gasteiger partial charge in [-0.15, -0.1) is 11.8 Å². The maximum atomic E-state index is 12.5. The molecular weight excluding hydrogens is 324 g/mol. The second-order valence-electron chi connectivity index (χ2n) is 5.68. The Balaban J connectivity index is 1.84. The van der Waals surface area contributed by atoms with Crippen molar-refractivity contribution in [1.29, 1.82) is 0 Å². The van der Waals surface area contributed by atoms with Crippen molar-refractivity contribution in [3.63, 3.8) is 0 Å². The monoisotopic (exact) mass is 342 g/mol. The Kier molecular flexibility index (Phi) is 4.44. The summed E-state index contributed by atoms with van der Waals surface area (Å²) in [5.74, 6) is 0.389. The van der Waals surface area contributed by atoms with Crippen LogP contribution in [0.2, 0.25) is 0 Å². The van der Waals surface area contributed by atoms with Crippen molar-refractivity contribution in [2.75, 3.05) is 29.6 Å². The van der Waals surface area contributed by atoms with Crippen LogP contribution >= 0.6 is 11.8 Å². The van der Waals surface area contributed by atoms with E-state index in [-0.39, 0.29) is 17.1 Å². The van der Waals surface area contributed by atoms with Crippen molar-refractivity contribution in [2.45, 2.75) is 17.1 Å². The van der Waals surface area contributed by atoms with E-state index in [0.29, 0.717) is 22.8 Å². The summed E-state index contributed by atoms with van der Waals surface area (Å²) in [5, 5.41) is 5.58. The summed E-state index contributed by atoms with van der Waals surface area (Å²) in [7, 11) is 3.73. The quantitative estimate of drug-likeness (QED) is 0.897. The molecule has 0 spiro atoms. The van der Waals surface area contributed by atoms with Crippen molar-refractivity contribution < 1.29 is 9.59 Å². The Bertz CT molecular complexity index is 807. The lowest BCUT2D eigenvalue weighted by Crippen LogP contribution is -2.26. The van der Waals surface area contributed by atoms with E-state index in [0.717, 1.165) is 4.90 Å². The summed E-state index contributed by atoms with van der Waals surface area (Å²) < 4.78 is 0. The highest BCUT2D eigenvalue weighted by Crippen LogP contribution is 2.36. The van der Waals surface area contributed by atoms with Gasteiger partial charge in [0.15, 0.2) is 5.82 Å². The Labute approximate surface area is 144 Å². The first-order valence-electron chi connectivity index (χ1n) is 7.51. The van der Waals surface area contributed by atoms with E-state index in [1.807, 2.05) is 32.0 Å². The van der Waals surface area contributed by atoms with E-state index < -0.39 is 0 Å². The number of benzene rings is 1. The van der Waals surface area contributed by atoms with Crippen LogP contribution in [0.25, 0.3) is 0 Å². The van der Waals surface area contributed by atoms with Crippen molar-refractivity contribution in [2.24, 2.45) is 0 Å². The summed E-state index contributed by atoms with van der Waals surface area (Å²) >= 11 is 1.49. The summed E-state index contributed by atoms with van der Waals surface area (Å²) in [5.41, 5.74) is 1.80. The molecule has 1 atom stereocenters. The molecule has 0 bridgehead atoms. The van der Waals surface area contributed by atoms with E-state index in [1.54, 1.807) is 30.5 Å². The Morgan fingerprint density at radius 1 is 1.33 bits per heavy atom. The first kappa shape index (κ1) is 16.3. The first-order chi connectivity index (χ1) is 11.5. The number of thioether (sulfide) groups is 1. The molecule has 7 heteroatoms. The molecule has 0 aliphatic carbocycles. The minimum Gasteiger partial charge on any atom is -0.361 e. The van der Waals surface area contributed by atoms with Gasteiger partial charge in [-0.05, 0) is 37.3 Å². The number of fused-ring (bicyclic) bond motifs is 1. The minimum atomic E-state index is -0.244. The normalized spacial score (nSPS) is 16.1. The average molecular weight is 342 g/mol. The third-order valence-corrected chi connectivity index (χ3v) is 4.81. The predicted octanol–water partition coefficient (Wildman–Crippen LogP) is 2.83. The Morgan fingerprint density at radius 2 is 2.12 bits per heavy atom. The molecule has 2 N–H and O–H groups in total. The molecule has 0 saturated carbocycles. The molecule has 2 amide bonds. The molecule has 3 rings (SSSR count). The van der Waals surface area contributed by atoms with E-state index in [9.17, 15) is 9.59 Å². The molecule has 24 heavy (non-hydrogen) atoms. The lowest BCUT2D eigenvalue weighted by molar-refractivity contribution is -0.115. The highest BCUT2D eigenvalue weighted by atomic mass is 32.2. The summed E-state index contributed by atoms with van der Waals surface area (Å²) in [6, 6.07) is 8.90. The van der Waals surface area contributed by atoms with Gasteiger partial charge in [-0.3, -0.25) is 9.59 Å². The number of rotatable bonds is 3. The van der Waals surface area contributed by atoms with Crippen molar-refractivity contribution in [3.05, 3.63) is 42.1 Å². The molecule has 1 aromatic heterocycles. The molecule has 2 aromatic rings. The second kappa shape index (κ2) is 6.52. The van der Waals surface area contributed by atoms with Crippen molar-refractivity contribution in [1.82, 2.24) is 4.98 Å². The van der Waals surface area contributed by atoms with Gasteiger partial charge in [-0.1, -0.05) is 0 Å². The van der Waals surface area contributed by atoms with E-state index >= 15 is 0 Å². The average Bonchev–Trinajstić information content (AvgIpc) is 2.55. The molecule has 1 aliphatic rings. The van der Waals surface area contributed by atoms with Crippen LogP contribution in [0.3, 0.4) is 0 Å². The number of anilines is 3. The van der Waals surface area contributed by atoms with Gasteiger partial charge in [0.2, 0.25) is 5.91 Å². The zero-order valence-electron chi connectivity index (χ0n) is 13.7. The molecule has 0 fully saturated rings. The minimum absolute atomic E-state index is 0.0489. The fraction of sp³-hybridized carbons (Fsp3) is 0.235. The molecule has 124 valence electrons. The van der Waals surface area contributed by atoms with E-state index in [2.05, 4.69) is 15.6 Å². The largest absolute Gasteiger partial charge is 0.361 e. The van der Waals surface area contributed by atoms with Gasteiger partial charge in [0.05, 0.1) is 16.6 Å². The van der Waals surface area contributed by atoms with Gasteiger partial charge in [0.25, 0.3) is 5.91 Å². The van der Waals surface area contributed by atoms with Gasteiger partial charge < -0.3 is 15.5 Å². The number of hydrogen-bond donors (Lipinski definition) is 2. The van der Waals surface area contributed by atoms with Crippen LogP contribution in [-0.4, -0.2) is 36.1 Å². The number of aromatic nitrogens is 1. The zero-order chi connectivity index (χ0) is 17.3. The number of hydrogen-bond acceptors (Lipinski definition) is 5. The number of pyridine rings is 1. The Hall–Kier alpha value is -2.54. The first-order valence-corrected chi connectivity index (χ1v) is 8.39. The summed E-state index contributed by atoms with van der Waals surface area (Å²) in [6.07, 6.45) is 1.68. The van der Waals surface area contributed by atoms with Crippen LogP contribution in [0, 0.1) is 0 Å². The molecule has 0 saturated heterocycles. The molecule has 1 aliphatic heterocycles. The van der Waals surface area contributed by atoms with Crippen LogP contribution in [0.1, 0.15) is 17.3 Å². The SMILES string of the molecule is CC1Sc2ccc(C(=O)Nc3cccnc3N(C)C)cc2NC1=O. The maximum Gasteiger partial charge on any atom is 0.255 e. The van der Waals surface area contributed by atoms with Gasteiger partial charge in [0.1, 0.15) is 0 Å². The summed E-state index contributed by atoms with van der Waals surface area (Å²) in [4.78, 5) is 31.4. The molecule has 2 heterocycles. The fourth-order valence-electron chi connectivity index (χ4n) is 2.40. The maximum absolute atomic E-state index is 12.5. The van der Waals surface area contributed by atoms with Crippen molar-refractivity contribution >= 4 is 40.8 Å². The van der Waals surface area contributed by atoms with Crippen LogP contribution in [0.15, 0.2) is 41.4 Å². The van der Waals surface area contributed by atoms with Crippen LogP contribution in [0.5, 0.6) is 0 Å². The molecular formula is C17H18N4O2S. The molecule has 0 radical (unpaired) electrons. The number of carbonyl (C=O) groups excluding carboxylic acids is 2. The topological polar surface area (TPSA) is 74.3 Å². The van der Waals surface area contributed by atoms with Gasteiger partial charge in [-0.25, -0.2) is 4.98 Å². The smallest absolute Gasteiger partial charge is 0.255 e. The third kappa shape index (κ3) is 3.21. The highest BCUT2D eigenvalue weighted by Gasteiger charge is 2.24. The van der Waals surface area contributed by atoms with Gasteiger partial charge in [0, 0.05) is 30.8 Å². The number of amides is 2. The Morgan fingerprint density at radius 3 is 2.88 bits per heavy atom. The van der Waals surface area contributed by atoms with Gasteiger partial charge in [-0.2, -0.15) is 0 Å². The fourth-order valence-corrected chi connectivity index (χ4v) is 3.33. The van der Waals surface area contributed by atoms with Gasteiger partial charge >= 0.3 is 0 Å². The zero-order valence-corrected chi connectivity index (χ0v) is 14.5. The molecule has 1 aromatic carbocycles. The lowest BCUT2D eigenvalue weighted by Gasteiger charge is -2.22. The predicted molar refractivity (Wildman–Crippen MR) is 96.9 cm³/mol. The third-order valence-electron chi connectivity index (χ3n) is 3.63. The molecule has 1 unspecified atom stereocenters. The number of nitrogens with one attached hydrogen (secondary N) is 2. The van der Waals surface area contributed by atoms with E-state index in [4.69, 9.17) is 0 Å². The van der Waals surface area contributed by atoms with Crippen LogP contribution in [0.4, 0.5) is 17.2 Å². The van der Waals surface area contributed by atoms with E-state index in [1.165, 1.54) is 11.8 Å². The second-order valence-corrected chi connectivity index (χ2v) is 7.07. The summed E-state index contributed by atoms with van der Waals surface area (Å²) in [6.45, 7) is 1.86. The number of nitrogens with zero attached hydrogens (tertiary/aromatic N) is 2. The highest BCUT2D eigenvalue weighted by molar-refractivity contribution is 8.00. The molecule has 6 nitrogen and oxygen atoms in total. The lowest BCUT2D eigenvalue weighted by atomic mass is 10.1. The standard InChI is InChI=1S/C17H18N4O2S/c1-10-16(22)20-13-9-11(6-7-14(13)24-10)17(23)19-12-5-4-8-18-15(12)21(2)3/h4-10H,1-3H3,(H,19,23)(H,20,22).